The molecule has 0 spiro atoms. The van der Waals surface area contributed by atoms with Crippen molar-refractivity contribution in [2.45, 2.75) is 52.0 Å². The second-order valence-corrected chi connectivity index (χ2v) is 7.24. The van der Waals surface area contributed by atoms with Gasteiger partial charge >= 0.3 is 5.97 Å². The summed E-state index contributed by atoms with van der Waals surface area (Å²) in [6.07, 6.45) is 2.60. The number of piperidine rings is 1. The minimum absolute atomic E-state index is 0.00169. The van der Waals surface area contributed by atoms with E-state index in [9.17, 15) is 19.5 Å². The summed E-state index contributed by atoms with van der Waals surface area (Å²) in [5, 5.41) is 9.30. The van der Waals surface area contributed by atoms with E-state index in [4.69, 9.17) is 0 Å². The van der Waals surface area contributed by atoms with E-state index in [1.165, 1.54) is 4.90 Å². The first-order valence-electron chi connectivity index (χ1n) is 8.41. The lowest BCUT2D eigenvalue weighted by molar-refractivity contribution is -0.153. The number of carbonyl (C=O) groups excluding carboxylic acids is 2. The van der Waals surface area contributed by atoms with Crippen molar-refractivity contribution in [1.82, 2.24) is 4.90 Å². The van der Waals surface area contributed by atoms with Crippen LogP contribution >= 0.6 is 0 Å². The van der Waals surface area contributed by atoms with Crippen LogP contribution in [0.4, 0.5) is 0 Å². The molecule has 5 nitrogen and oxygen atoms in total. The summed E-state index contributed by atoms with van der Waals surface area (Å²) in [5.74, 6) is -1.11. The number of ketones is 1. The van der Waals surface area contributed by atoms with Gasteiger partial charge in [0.25, 0.3) is 0 Å². The molecule has 1 unspecified atom stereocenters. The molecule has 0 aromatic heterocycles. The zero-order valence-electron chi connectivity index (χ0n) is 14.3. The summed E-state index contributed by atoms with van der Waals surface area (Å²) >= 11 is 0. The Labute approximate surface area is 142 Å². The largest absolute Gasteiger partial charge is 0.480 e. The van der Waals surface area contributed by atoms with Crippen LogP contribution in [0, 0.1) is 5.41 Å². The van der Waals surface area contributed by atoms with Crippen LogP contribution in [0.15, 0.2) is 30.3 Å². The predicted octanol–water partition coefficient (Wildman–Crippen LogP) is 3.14. The Morgan fingerprint density at radius 1 is 1.12 bits per heavy atom. The number of carboxylic acids is 1. The van der Waals surface area contributed by atoms with E-state index in [2.05, 4.69) is 0 Å². The van der Waals surface area contributed by atoms with Crippen molar-refractivity contribution in [2.75, 3.05) is 6.54 Å². The van der Waals surface area contributed by atoms with Gasteiger partial charge in [-0.1, -0.05) is 44.2 Å². The van der Waals surface area contributed by atoms with Gasteiger partial charge in [-0.3, -0.25) is 9.59 Å². The zero-order chi connectivity index (χ0) is 17.7. The van der Waals surface area contributed by atoms with Crippen LogP contribution in [0.5, 0.6) is 0 Å². The molecule has 1 aliphatic rings. The molecule has 1 atom stereocenters. The lowest BCUT2D eigenvalue weighted by Crippen LogP contribution is -2.49. The number of benzene rings is 1. The second-order valence-electron chi connectivity index (χ2n) is 7.24. The van der Waals surface area contributed by atoms with E-state index in [0.717, 1.165) is 12.8 Å². The van der Waals surface area contributed by atoms with E-state index in [1.54, 1.807) is 12.1 Å². The monoisotopic (exact) mass is 331 g/mol. The Morgan fingerprint density at radius 2 is 1.79 bits per heavy atom. The number of hydrogen-bond donors (Lipinski definition) is 1. The van der Waals surface area contributed by atoms with Gasteiger partial charge in [0, 0.05) is 24.9 Å². The molecule has 1 saturated heterocycles. The smallest absolute Gasteiger partial charge is 0.326 e. The quantitative estimate of drug-likeness (QED) is 0.813. The molecule has 1 N–H and O–H groups in total. The summed E-state index contributed by atoms with van der Waals surface area (Å²) < 4.78 is 0. The SMILES string of the molecule is CC(C)(CC(=O)c1ccccc1)CC(=O)N1CCCCC1C(=O)O. The van der Waals surface area contributed by atoms with Gasteiger partial charge in [-0.05, 0) is 24.7 Å². The fourth-order valence-electron chi connectivity index (χ4n) is 3.22. The highest BCUT2D eigenvalue weighted by Gasteiger charge is 2.35. The Kier molecular flexibility index (Phi) is 5.75. The molecule has 1 aromatic carbocycles. The van der Waals surface area contributed by atoms with Gasteiger partial charge in [-0.15, -0.1) is 0 Å². The summed E-state index contributed by atoms with van der Waals surface area (Å²) in [6.45, 7) is 4.25. The second kappa shape index (κ2) is 7.60. The molecule has 0 saturated carbocycles. The Morgan fingerprint density at radius 3 is 2.42 bits per heavy atom. The third-order valence-corrected chi connectivity index (χ3v) is 4.47. The Hall–Kier alpha value is -2.17. The first-order chi connectivity index (χ1) is 11.3. The van der Waals surface area contributed by atoms with Gasteiger partial charge in [0.05, 0.1) is 0 Å². The fraction of sp³-hybridized carbons (Fsp3) is 0.526. The lowest BCUT2D eigenvalue weighted by atomic mass is 9.81. The van der Waals surface area contributed by atoms with Crippen molar-refractivity contribution >= 4 is 17.7 Å². The van der Waals surface area contributed by atoms with Gasteiger partial charge in [0.1, 0.15) is 6.04 Å². The first-order valence-corrected chi connectivity index (χ1v) is 8.41. The lowest BCUT2D eigenvalue weighted by Gasteiger charge is -2.35. The Balaban J connectivity index is 2.01. The molecule has 5 heteroatoms. The molecule has 1 heterocycles. The van der Waals surface area contributed by atoms with Crippen LogP contribution in [0.2, 0.25) is 0 Å². The Bertz CT molecular complexity index is 609. The summed E-state index contributed by atoms with van der Waals surface area (Å²) in [4.78, 5) is 37.8. The van der Waals surface area contributed by atoms with Crippen molar-refractivity contribution < 1.29 is 19.5 Å². The van der Waals surface area contributed by atoms with Crippen molar-refractivity contribution in [1.29, 1.82) is 0 Å². The van der Waals surface area contributed by atoms with Gasteiger partial charge in [-0.2, -0.15) is 0 Å². The highest BCUT2D eigenvalue weighted by Crippen LogP contribution is 2.29. The average Bonchev–Trinajstić information content (AvgIpc) is 2.54. The third kappa shape index (κ3) is 4.66. The molecule has 1 fully saturated rings. The van der Waals surface area contributed by atoms with Crippen LogP contribution in [0.25, 0.3) is 0 Å². The van der Waals surface area contributed by atoms with Crippen molar-refractivity contribution in [3.63, 3.8) is 0 Å². The number of nitrogens with zero attached hydrogens (tertiary/aromatic N) is 1. The fourth-order valence-corrected chi connectivity index (χ4v) is 3.22. The molecule has 1 amide bonds. The normalized spacial score (nSPS) is 18.2. The highest BCUT2D eigenvalue weighted by molar-refractivity contribution is 5.96. The van der Waals surface area contributed by atoms with Crippen LogP contribution in [0.1, 0.15) is 56.3 Å². The minimum atomic E-state index is -0.943. The topological polar surface area (TPSA) is 74.7 Å². The molecule has 1 aromatic rings. The maximum Gasteiger partial charge on any atom is 0.326 e. The predicted molar refractivity (Wildman–Crippen MR) is 90.8 cm³/mol. The van der Waals surface area contributed by atoms with E-state index in [0.29, 0.717) is 18.5 Å². The van der Waals surface area contributed by atoms with Crippen molar-refractivity contribution in [3.05, 3.63) is 35.9 Å². The molecule has 130 valence electrons. The molecule has 2 rings (SSSR count). The molecule has 0 bridgehead atoms. The summed E-state index contributed by atoms with van der Waals surface area (Å²) in [5.41, 5.74) is 0.129. The van der Waals surface area contributed by atoms with Gasteiger partial charge < -0.3 is 10.0 Å². The maximum atomic E-state index is 12.6. The molecule has 24 heavy (non-hydrogen) atoms. The molecular weight excluding hydrogens is 306 g/mol. The average molecular weight is 331 g/mol. The minimum Gasteiger partial charge on any atom is -0.480 e. The number of Topliss-reactive ketones (excluding diaryl/α,β-unsaturated/α-hetero) is 1. The van der Waals surface area contributed by atoms with Crippen LogP contribution in [-0.4, -0.2) is 40.3 Å². The van der Waals surface area contributed by atoms with E-state index in [1.807, 2.05) is 32.0 Å². The molecule has 1 aliphatic heterocycles. The number of carbonyl (C=O) groups is 3. The van der Waals surface area contributed by atoms with Gasteiger partial charge in [0.15, 0.2) is 5.78 Å². The molecule has 0 radical (unpaired) electrons. The number of hydrogen-bond acceptors (Lipinski definition) is 3. The van der Waals surface area contributed by atoms with E-state index >= 15 is 0 Å². The number of amides is 1. The van der Waals surface area contributed by atoms with Crippen molar-refractivity contribution in [3.8, 4) is 0 Å². The van der Waals surface area contributed by atoms with Crippen LogP contribution < -0.4 is 0 Å². The molecular formula is C19H25NO4. The third-order valence-electron chi connectivity index (χ3n) is 4.47. The van der Waals surface area contributed by atoms with E-state index < -0.39 is 17.4 Å². The van der Waals surface area contributed by atoms with Gasteiger partial charge in [-0.25, -0.2) is 4.79 Å². The highest BCUT2D eigenvalue weighted by atomic mass is 16.4. The van der Waals surface area contributed by atoms with E-state index in [-0.39, 0.29) is 24.5 Å². The summed E-state index contributed by atoms with van der Waals surface area (Å²) in [6, 6.07) is 8.30. The maximum absolute atomic E-state index is 12.6. The van der Waals surface area contributed by atoms with Crippen molar-refractivity contribution in [2.24, 2.45) is 5.41 Å². The zero-order valence-corrected chi connectivity index (χ0v) is 14.3. The number of likely N-dealkylation sites (tertiary alicyclic amines) is 1. The number of aliphatic carboxylic acids is 1. The standard InChI is InChI=1S/C19H25NO4/c1-19(2,12-16(21)14-8-4-3-5-9-14)13-17(22)20-11-7-6-10-15(20)18(23)24/h3-5,8-9,15H,6-7,10-13H2,1-2H3,(H,23,24). The number of rotatable bonds is 6. The van der Waals surface area contributed by atoms with Crippen LogP contribution in [0.3, 0.4) is 0 Å². The van der Waals surface area contributed by atoms with Gasteiger partial charge in [0.2, 0.25) is 5.91 Å². The van der Waals surface area contributed by atoms with Crippen LogP contribution in [-0.2, 0) is 9.59 Å². The molecule has 0 aliphatic carbocycles. The number of carboxylic acid groups (broad SMARTS) is 1. The summed E-state index contributed by atoms with van der Waals surface area (Å²) in [7, 11) is 0. The first kappa shape index (κ1) is 18.2.